The Labute approximate surface area is 169 Å². The number of hydrogen-bond donors (Lipinski definition) is 0. The molecule has 0 bridgehead atoms. The first-order chi connectivity index (χ1) is 13.4. The van der Waals surface area contributed by atoms with Gasteiger partial charge in [-0.25, -0.2) is 0 Å². The van der Waals surface area contributed by atoms with Gasteiger partial charge in [-0.1, -0.05) is 41.8 Å². The molecular weight excluding hydrogens is 340 g/mol. The first-order valence-electron chi connectivity index (χ1n) is 10.7. The van der Waals surface area contributed by atoms with Crippen LogP contribution in [0.25, 0.3) is 11.4 Å². The van der Waals surface area contributed by atoms with Crippen molar-refractivity contribution in [2.75, 3.05) is 0 Å². The van der Waals surface area contributed by atoms with Gasteiger partial charge in [-0.3, -0.25) is 0 Å². The molecule has 0 saturated heterocycles. The van der Waals surface area contributed by atoms with E-state index in [1.54, 1.807) is 0 Å². The van der Waals surface area contributed by atoms with Crippen molar-refractivity contribution in [3.8, 4) is 11.4 Å². The predicted molar refractivity (Wildman–Crippen MR) is 117 cm³/mol. The number of hydrogen-bond acceptors (Lipinski definition) is 0. The van der Waals surface area contributed by atoms with Crippen LogP contribution in [0.3, 0.4) is 0 Å². The summed E-state index contributed by atoms with van der Waals surface area (Å²) in [5.74, 6) is 0. The normalized spacial score (nSPS) is 14.1. The number of rotatable bonds is 2. The summed E-state index contributed by atoms with van der Waals surface area (Å²) in [4.78, 5) is 0. The second-order valence-electron chi connectivity index (χ2n) is 8.80. The summed E-state index contributed by atoms with van der Waals surface area (Å²) in [6.45, 7) is 13.4. The molecule has 0 radical (unpaired) electrons. The lowest BCUT2D eigenvalue weighted by molar-refractivity contribution is -0.604. The molecule has 0 unspecified atom stereocenters. The standard InChI is InChI=1S/C26H33N2/c1-17-12-19(3)25(20(4)13-17)27-16-28(24-11-9-7-8-10-23(24)27)26-21(5)14-18(2)15-22(26)6/h12-16H,7-11H2,1-6H3/q+1. The molecule has 0 atom stereocenters. The van der Waals surface area contributed by atoms with Crippen LogP contribution in [-0.4, -0.2) is 4.57 Å². The van der Waals surface area contributed by atoms with Crippen LogP contribution < -0.4 is 4.57 Å². The van der Waals surface area contributed by atoms with E-state index in [1.165, 1.54) is 88.2 Å². The van der Waals surface area contributed by atoms with Crippen molar-refractivity contribution in [1.82, 2.24) is 4.57 Å². The van der Waals surface area contributed by atoms with Crippen LogP contribution >= 0.6 is 0 Å². The summed E-state index contributed by atoms with van der Waals surface area (Å²) in [6.07, 6.45) is 8.59. The van der Waals surface area contributed by atoms with E-state index >= 15 is 0 Å². The molecule has 1 aromatic heterocycles. The zero-order chi connectivity index (χ0) is 20.0. The Kier molecular flexibility index (Phi) is 4.91. The summed E-state index contributed by atoms with van der Waals surface area (Å²) in [5, 5.41) is 0. The van der Waals surface area contributed by atoms with Gasteiger partial charge in [-0.05, 0) is 76.6 Å². The van der Waals surface area contributed by atoms with Crippen molar-refractivity contribution >= 4 is 0 Å². The number of fused-ring (bicyclic) bond motifs is 1. The van der Waals surface area contributed by atoms with Gasteiger partial charge in [-0.15, -0.1) is 0 Å². The van der Waals surface area contributed by atoms with Gasteiger partial charge in [0.2, 0.25) is 0 Å². The van der Waals surface area contributed by atoms with Crippen LogP contribution in [-0.2, 0) is 12.8 Å². The molecule has 4 rings (SSSR count). The molecule has 1 heterocycles. The highest BCUT2D eigenvalue weighted by atomic mass is 15.2. The minimum atomic E-state index is 1.17. The zero-order valence-electron chi connectivity index (χ0n) is 18.3. The third-order valence-electron chi connectivity index (χ3n) is 6.23. The van der Waals surface area contributed by atoms with Gasteiger partial charge in [0.1, 0.15) is 11.4 Å². The van der Waals surface area contributed by atoms with E-state index in [1.807, 2.05) is 0 Å². The molecule has 0 spiro atoms. The smallest absolute Gasteiger partial charge is 0.198 e. The third-order valence-corrected chi connectivity index (χ3v) is 6.23. The lowest BCUT2D eigenvalue weighted by atomic mass is 10.0. The van der Waals surface area contributed by atoms with Crippen molar-refractivity contribution in [2.45, 2.75) is 73.6 Å². The number of benzene rings is 2. The number of nitrogens with zero attached hydrogens (tertiary/aromatic N) is 2. The van der Waals surface area contributed by atoms with Crippen LogP contribution in [0.5, 0.6) is 0 Å². The maximum atomic E-state index is 2.50. The third kappa shape index (κ3) is 3.19. The maximum Gasteiger partial charge on any atom is 0.254 e. The monoisotopic (exact) mass is 373 g/mol. The number of imidazole rings is 1. The molecular formula is C26H33N2+. The SMILES string of the molecule is Cc1cc(C)c(-n2c[n+](-c3c(C)cc(C)cc3C)c3c2CCCCC3)c(C)c1. The minimum absolute atomic E-state index is 1.17. The second kappa shape index (κ2) is 7.24. The Hall–Kier alpha value is -2.35. The Bertz CT molecular complexity index is 925. The summed E-state index contributed by atoms with van der Waals surface area (Å²) in [5.41, 5.74) is 13.9. The minimum Gasteiger partial charge on any atom is -0.198 e. The quantitative estimate of drug-likeness (QED) is 0.392. The largest absolute Gasteiger partial charge is 0.254 e. The Morgan fingerprint density at radius 3 is 1.82 bits per heavy atom. The van der Waals surface area contributed by atoms with Crippen LogP contribution in [0.4, 0.5) is 0 Å². The summed E-state index contributed by atoms with van der Waals surface area (Å²) in [6, 6.07) is 9.27. The van der Waals surface area contributed by atoms with Crippen LogP contribution in [0.1, 0.15) is 64.0 Å². The lowest BCUT2D eigenvalue weighted by Gasteiger charge is -2.10. The van der Waals surface area contributed by atoms with Gasteiger partial charge in [0.05, 0.1) is 0 Å². The highest BCUT2D eigenvalue weighted by Gasteiger charge is 2.29. The molecule has 28 heavy (non-hydrogen) atoms. The second-order valence-corrected chi connectivity index (χ2v) is 8.80. The van der Waals surface area contributed by atoms with Crippen molar-refractivity contribution in [2.24, 2.45) is 0 Å². The van der Waals surface area contributed by atoms with Crippen molar-refractivity contribution in [3.63, 3.8) is 0 Å². The molecule has 146 valence electrons. The predicted octanol–water partition coefficient (Wildman–Crippen LogP) is 5.87. The molecule has 0 fully saturated rings. The lowest BCUT2D eigenvalue weighted by Crippen LogP contribution is -2.35. The summed E-state index contributed by atoms with van der Waals surface area (Å²) < 4.78 is 5.01. The van der Waals surface area contributed by atoms with E-state index in [0.29, 0.717) is 0 Å². The zero-order valence-corrected chi connectivity index (χ0v) is 18.3. The fourth-order valence-corrected chi connectivity index (χ4v) is 5.31. The molecule has 2 nitrogen and oxygen atoms in total. The fourth-order valence-electron chi connectivity index (χ4n) is 5.31. The first-order valence-corrected chi connectivity index (χ1v) is 10.7. The molecule has 0 amide bonds. The van der Waals surface area contributed by atoms with Crippen molar-refractivity contribution in [3.05, 3.63) is 75.4 Å². The van der Waals surface area contributed by atoms with E-state index in [0.717, 1.165) is 0 Å². The molecule has 0 aliphatic heterocycles. The average Bonchev–Trinajstić information content (AvgIpc) is 2.77. The molecule has 1 aliphatic rings. The fraction of sp³-hybridized carbons (Fsp3) is 0.423. The van der Waals surface area contributed by atoms with E-state index in [4.69, 9.17) is 0 Å². The van der Waals surface area contributed by atoms with Gasteiger partial charge in [-0.2, -0.15) is 9.13 Å². The van der Waals surface area contributed by atoms with E-state index in [2.05, 4.69) is 81.3 Å². The van der Waals surface area contributed by atoms with Crippen molar-refractivity contribution < 1.29 is 4.57 Å². The first kappa shape index (κ1) is 19.0. The maximum absolute atomic E-state index is 2.50. The van der Waals surface area contributed by atoms with Crippen LogP contribution in [0, 0.1) is 41.5 Å². The van der Waals surface area contributed by atoms with E-state index in [9.17, 15) is 0 Å². The Morgan fingerprint density at radius 1 is 0.679 bits per heavy atom. The molecule has 2 heteroatoms. The highest BCUT2D eigenvalue weighted by molar-refractivity contribution is 5.51. The molecule has 3 aromatic rings. The number of aryl methyl sites for hydroxylation is 6. The molecule has 0 saturated carbocycles. The Balaban J connectivity index is 2.02. The van der Waals surface area contributed by atoms with Gasteiger partial charge in [0.15, 0.2) is 11.4 Å². The molecule has 2 aromatic carbocycles. The van der Waals surface area contributed by atoms with Crippen LogP contribution in [0.15, 0.2) is 30.6 Å². The van der Waals surface area contributed by atoms with Gasteiger partial charge < -0.3 is 0 Å². The van der Waals surface area contributed by atoms with E-state index in [-0.39, 0.29) is 0 Å². The molecule has 1 aliphatic carbocycles. The average molecular weight is 374 g/mol. The summed E-state index contributed by atoms with van der Waals surface area (Å²) in [7, 11) is 0. The van der Waals surface area contributed by atoms with E-state index < -0.39 is 0 Å². The molecule has 0 N–H and O–H groups in total. The highest BCUT2D eigenvalue weighted by Crippen LogP contribution is 2.28. The van der Waals surface area contributed by atoms with Gasteiger partial charge in [0, 0.05) is 12.8 Å². The van der Waals surface area contributed by atoms with Gasteiger partial charge >= 0.3 is 0 Å². The van der Waals surface area contributed by atoms with Crippen LogP contribution in [0.2, 0.25) is 0 Å². The number of aromatic nitrogens is 2. The Morgan fingerprint density at radius 2 is 1.21 bits per heavy atom. The summed E-state index contributed by atoms with van der Waals surface area (Å²) >= 11 is 0. The van der Waals surface area contributed by atoms with Gasteiger partial charge in [0.25, 0.3) is 6.33 Å². The topological polar surface area (TPSA) is 8.81 Å². The van der Waals surface area contributed by atoms with Crippen molar-refractivity contribution in [1.29, 1.82) is 0 Å².